The van der Waals surface area contributed by atoms with E-state index in [4.69, 9.17) is 9.52 Å². The first-order valence-corrected chi connectivity index (χ1v) is 10.1. The zero-order valence-corrected chi connectivity index (χ0v) is 17.5. The van der Waals surface area contributed by atoms with Gasteiger partial charge in [-0.25, -0.2) is 9.59 Å². The number of carbonyl (C=O) groups is 4. The molecule has 2 aromatic heterocycles. The molecule has 1 aliphatic rings. The molecule has 1 aliphatic heterocycles. The Labute approximate surface area is 185 Å². The molecule has 10 heteroatoms. The first kappa shape index (κ1) is 21.2. The number of carbonyl (C=O) groups excluding carboxylic acids is 3. The third-order valence-corrected chi connectivity index (χ3v) is 5.59. The molecule has 0 bridgehead atoms. The molecule has 3 heterocycles. The molecular formula is C22H16N2O7S. The Morgan fingerprint density at radius 1 is 1.12 bits per heavy atom. The lowest BCUT2D eigenvalue weighted by molar-refractivity contribution is -0.123. The summed E-state index contributed by atoms with van der Waals surface area (Å²) in [5, 5.41) is 8.60. The predicted molar refractivity (Wildman–Crippen MR) is 114 cm³/mol. The summed E-state index contributed by atoms with van der Waals surface area (Å²) in [6.45, 7) is -0.114. The number of hydrogen-bond acceptors (Lipinski definition) is 7. The van der Waals surface area contributed by atoms with Crippen molar-refractivity contribution in [2.75, 3.05) is 7.11 Å². The van der Waals surface area contributed by atoms with Crippen molar-refractivity contribution < 1.29 is 33.4 Å². The molecule has 4 rings (SSSR count). The van der Waals surface area contributed by atoms with Crippen molar-refractivity contribution in [3.63, 3.8) is 0 Å². The highest BCUT2D eigenvalue weighted by atomic mass is 32.2. The Morgan fingerprint density at radius 3 is 2.56 bits per heavy atom. The van der Waals surface area contributed by atoms with Crippen molar-refractivity contribution in [2.45, 2.75) is 6.54 Å². The van der Waals surface area contributed by atoms with Crippen LogP contribution in [-0.2, 0) is 16.1 Å². The summed E-state index contributed by atoms with van der Waals surface area (Å²) >= 11 is 0.801. The van der Waals surface area contributed by atoms with Crippen LogP contribution in [0.25, 0.3) is 11.8 Å². The van der Waals surface area contributed by atoms with Crippen LogP contribution in [0, 0.1) is 0 Å². The number of rotatable bonds is 6. The van der Waals surface area contributed by atoms with Gasteiger partial charge in [-0.1, -0.05) is 0 Å². The van der Waals surface area contributed by atoms with Crippen LogP contribution in [0.3, 0.4) is 0 Å². The molecule has 2 amide bonds. The van der Waals surface area contributed by atoms with Crippen LogP contribution in [0.1, 0.15) is 32.4 Å². The van der Waals surface area contributed by atoms with Gasteiger partial charge in [0.1, 0.15) is 5.76 Å². The average Bonchev–Trinajstić information content (AvgIpc) is 3.50. The number of carboxylic acid groups (broad SMARTS) is 1. The van der Waals surface area contributed by atoms with Gasteiger partial charge in [-0.3, -0.25) is 14.5 Å². The third-order valence-electron chi connectivity index (χ3n) is 4.69. The monoisotopic (exact) mass is 452 g/mol. The van der Waals surface area contributed by atoms with Crippen LogP contribution >= 0.6 is 11.8 Å². The fourth-order valence-corrected chi connectivity index (χ4v) is 3.93. The smallest absolute Gasteiger partial charge is 0.373 e. The van der Waals surface area contributed by atoms with Crippen molar-refractivity contribution >= 4 is 40.9 Å². The second-order valence-electron chi connectivity index (χ2n) is 6.68. The minimum Gasteiger partial charge on any atom is -0.478 e. The van der Waals surface area contributed by atoms with E-state index in [2.05, 4.69) is 4.74 Å². The number of furan rings is 1. The number of thioether (sulfide) groups is 1. The Bertz CT molecular complexity index is 1250. The van der Waals surface area contributed by atoms with Gasteiger partial charge in [0.2, 0.25) is 5.76 Å². The predicted octanol–water partition coefficient (Wildman–Crippen LogP) is 3.79. The molecule has 0 radical (unpaired) electrons. The van der Waals surface area contributed by atoms with Gasteiger partial charge in [0, 0.05) is 17.6 Å². The number of aromatic carboxylic acids is 1. The number of ether oxygens (including phenoxy) is 1. The normalized spacial score (nSPS) is 14.9. The summed E-state index contributed by atoms with van der Waals surface area (Å²) in [5.74, 6) is -1.90. The zero-order valence-electron chi connectivity index (χ0n) is 16.7. The summed E-state index contributed by atoms with van der Waals surface area (Å²) in [6.07, 6.45) is 3.36. The maximum absolute atomic E-state index is 12.8. The third kappa shape index (κ3) is 4.08. The van der Waals surface area contributed by atoms with Crippen LogP contribution in [0.5, 0.6) is 0 Å². The highest BCUT2D eigenvalue weighted by Gasteiger charge is 2.36. The molecule has 32 heavy (non-hydrogen) atoms. The topological polar surface area (TPSA) is 119 Å². The lowest BCUT2D eigenvalue weighted by Gasteiger charge is -2.10. The van der Waals surface area contributed by atoms with Crippen molar-refractivity contribution in [1.29, 1.82) is 0 Å². The summed E-state index contributed by atoms with van der Waals surface area (Å²) in [4.78, 5) is 49.1. The standard InChI is InChI=1S/C22H16N2O7S/c1-30-21(28)17-9-8-16(31-17)12-24-19(25)18(32-22(24)29)11-15-3-2-10-23(15)14-6-4-13(5-7-14)20(26)27/h2-11H,12H2,1H3,(H,26,27)/b18-11+. The Kier molecular flexibility index (Phi) is 5.69. The quantitative estimate of drug-likeness (QED) is 0.443. The summed E-state index contributed by atoms with van der Waals surface area (Å²) < 4.78 is 11.7. The maximum Gasteiger partial charge on any atom is 0.373 e. The summed E-state index contributed by atoms with van der Waals surface area (Å²) in [6, 6.07) is 12.8. The van der Waals surface area contributed by atoms with Crippen molar-refractivity contribution in [3.8, 4) is 5.69 Å². The first-order valence-electron chi connectivity index (χ1n) is 9.31. The van der Waals surface area contributed by atoms with Crippen molar-refractivity contribution in [3.05, 3.63) is 82.4 Å². The van der Waals surface area contributed by atoms with Crippen LogP contribution in [0.2, 0.25) is 0 Å². The molecule has 9 nitrogen and oxygen atoms in total. The van der Waals surface area contributed by atoms with E-state index >= 15 is 0 Å². The molecule has 0 aliphatic carbocycles. The van der Waals surface area contributed by atoms with E-state index in [9.17, 15) is 19.2 Å². The molecule has 162 valence electrons. The highest BCUT2D eigenvalue weighted by molar-refractivity contribution is 8.18. The largest absolute Gasteiger partial charge is 0.478 e. The van der Waals surface area contributed by atoms with Gasteiger partial charge in [0.25, 0.3) is 11.1 Å². The van der Waals surface area contributed by atoms with Gasteiger partial charge in [0.15, 0.2) is 0 Å². The molecule has 3 aromatic rings. The zero-order chi connectivity index (χ0) is 22.8. The van der Waals surface area contributed by atoms with E-state index in [1.54, 1.807) is 41.1 Å². The van der Waals surface area contributed by atoms with Crippen LogP contribution in [-0.4, -0.2) is 44.8 Å². The fourth-order valence-electron chi connectivity index (χ4n) is 3.11. The molecule has 0 saturated carbocycles. The van der Waals surface area contributed by atoms with E-state index in [0.29, 0.717) is 11.4 Å². The number of hydrogen-bond donors (Lipinski definition) is 1. The fraction of sp³-hybridized carbons (Fsp3) is 0.0909. The van der Waals surface area contributed by atoms with Gasteiger partial charge in [0.05, 0.1) is 24.1 Å². The van der Waals surface area contributed by atoms with Gasteiger partial charge in [-0.05, 0) is 66.4 Å². The number of carboxylic acids is 1. The average molecular weight is 452 g/mol. The van der Waals surface area contributed by atoms with Crippen molar-refractivity contribution in [1.82, 2.24) is 9.47 Å². The minimum absolute atomic E-state index is 0.0169. The number of methoxy groups -OCH3 is 1. The number of amides is 2. The number of aromatic nitrogens is 1. The van der Waals surface area contributed by atoms with E-state index in [1.807, 2.05) is 0 Å². The van der Waals surface area contributed by atoms with E-state index in [1.165, 1.54) is 31.4 Å². The Morgan fingerprint density at radius 2 is 1.88 bits per heavy atom. The van der Waals surface area contributed by atoms with E-state index in [-0.39, 0.29) is 28.5 Å². The number of nitrogens with zero attached hydrogens (tertiary/aromatic N) is 2. The molecule has 1 N–H and O–H groups in total. The summed E-state index contributed by atoms with van der Waals surface area (Å²) in [7, 11) is 1.22. The van der Waals surface area contributed by atoms with E-state index < -0.39 is 23.1 Å². The van der Waals surface area contributed by atoms with Crippen LogP contribution < -0.4 is 0 Å². The molecule has 1 saturated heterocycles. The maximum atomic E-state index is 12.8. The van der Waals surface area contributed by atoms with Gasteiger partial charge in [-0.15, -0.1) is 0 Å². The SMILES string of the molecule is COC(=O)c1ccc(CN2C(=O)S/C(=C/c3cccn3-c3ccc(C(=O)O)cc3)C2=O)o1. The minimum atomic E-state index is -1.02. The lowest BCUT2D eigenvalue weighted by Crippen LogP contribution is -2.27. The molecular weight excluding hydrogens is 436 g/mol. The molecule has 0 atom stereocenters. The number of esters is 1. The summed E-state index contributed by atoms with van der Waals surface area (Å²) in [5.41, 5.74) is 1.51. The van der Waals surface area contributed by atoms with E-state index in [0.717, 1.165) is 16.7 Å². The Balaban J connectivity index is 1.55. The van der Waals surface area contributed by atoms with Crippen LogP contribution in [0.4, 0.5) is 4.79 Å². The number of benzene rings is 1. The van der Waals surface area contributed by atoms with Gasteiger partial charge >= 0.3 is 11.9 Å². The van der Waals surface area contributed by atoms with Crippen LogP contribution in [0.15, 0.2) is 64.1 Å². The highest BCUT2D eigenvalue weighted by Crippen LogP contribution is 2.34. The van der Waals surface area contributed by atoms with Gasteiger partial charge < -0.3 is 18.8 Å². The molecule has 1 fully saturated rings. The number of imide groups is 1. The molecule has 0 spiro atoms. The molecule has 1 aromatic carbocycles. The first-order chi connectivity index (χ1) is 15.4. The van der Waals surface area contributed by atoms with Crippen molar-refractivity contribution in [2.24, 2.45) is 0 Å². The second-order valence-corrected chi connectivity index (χ2v) is 7.67. The Hall–Kier alpha value is -4.05. The molecule has 0 unspecified atom stereocenters. The lowest BCUT2D eigenvalue weighted by atomic mass is 10.2. The van der Waals surface area contributed by atoms with Gasteiger partial charge in [-0.2, -0.15) is 0 Å². The second kappa shape index (κ2) is 8.60.